The van der Waals surface area contributed by atoms with E-state index >= 15 is 0 Å². The lowest BCUT2D eigenvalue weighted by atomic mass is 9.67. The third kappa shape index (κ3) is 5.43. The van der Waals surface area contributed by atoms with Gasteiger partial charge in [-0.2, -0.15) is 0 Å². The first-order valence-corrected chi connectivity index (χ1v) is 20.6. The minimum Gasteiger partial charge on any atom is -0.455 e. The van der Waals surface area contributed by atoms with Crippen LogP contribution in [-0.2, 0) is 5.41 Å². The molecule has 0 N–H and O–H groups in total. The average Bonchev–Trinajstić information content (AvgIpc) is 3.91. The maximum atomic E-state index is 9.05. The second kappa shape index (κ2) is 14.1. The van der Waals surface area contributed by atoms with Crippen molar-refractivity contribution in [1.82, 2.24) is 0 Å². The summed E-state index contributed by atoms with van der Waals surface area (Å²) in [6.07, 6.45) is 0. The average molecular weight is 783 g/mol. The monoisotopic (exact) mass is 782 g/mol. The smallest absolute Gasteiger partial charge is 0.143 e. The van der Waals surface area contributed by atoms with E-state index in [0.29, 0.717) is 16.7 Å². The third-order valence-corrected chi connectivity index (χ3v) is 12.4. The summed E-state index contributed by atoms with van der Waals surface area (Å²) in [7, 11) is 0. The number of nitrogens with zero attached hydrogens (tertiary/aromatic N) is 1. The fourth-order valence-electron chi connectivity index (χ4n) is 9.86. The fraction of sp³-hybridized carbons (Fsp3) is 0.0169. The van der Waals surface area contributed by atoms with Crippen LogP contribution in [0.3, 0.4) is 0 Å². The second-order valence-electron chi connectivity index (χ2n) is 15.6. The fourth-order valence-corrected chi connectivity index (χ4v) is 9.86. The molecule has 0 fully saturated rings. The summed E-state index contributed by atoms with van der Waals surface area (Å²) in [5.41, 5.74) is 13.5. The number of anilines is 3. The molecule has 1 aromatic heterocycles. The van der Waals surface area contributed by atoms with E-state index in [1.807, 2.05) is 48.5 Å². The lowest BCUT2D eigenvalue weighted by Gasteiger charge is -2.35. The minimum atomic E-state index is -0.626. The first-order valence-electron chi connectivity index (χ1n) is 23.1. The van der Waals surface area contributed by atoms with Crippen molar-refractivity contribution in [2.75, 3.05) is 4.90 Å². The van der Waals surface area contributed by atoms with Crippen LogP contribution in [0.1, 0.15) is 29.1 Å². The zero-order valence-corrected chi connectivity index (χ0v) is 33.0. The van der Waals surface area contributed by atoms with Gasteiger partial charge < -0.3 is 9.32 Å². The van der Waals surface area contributed by atoms with Crippen LogP contribution in [0.4, 0.5) is 17.1 Å². The van der Waals surface area contributed by atoms with Crippen molar-refractivity contribution in [3.63, 3.8) is 0 Å². The summed E-state index contributed by atoms with van der Waals surface area (Å²) < 4.78 is 50.5. The van der Waals surface area contributed by atoms with Crippen molar-refractivity contribution in [2.24, 2.45) is 0 Å². The molecule has 0 bridgehead atoms. The van der Waals surface area contributed by atoms with Crippen molar-refractivity contribution in [3.05, 3.63) is 259 Å². The van der Waals surface area contributed by atoms with E-state index in [0.717, 1.165) is 55.3 Å². The Morgan fingerprint density at radius 3 is 1.75 bits per heavy atom. The largest absolute Gasteiger partial charge is 0.455 e. The molecular formula is C59H39NO. The van der Waals surface area contributed by atoms with Crippen LogP contribution < -0.4 is 4.90 Å². The lowest BCUT2D eigenvalue weighted by molar-refractivity contribution is 0.672. The maximum absolute atomic E-state index is 9.05. The van der Waals surface area contributed by atoms with Gasteiger partial charge in [0.05, 0.1) is 23.3 Å². The lowest BCUT2D eigenvalue weighted by Crippen LogP contribution is -2.28. The summed E-state index contributed by atoms with van der Waals surface area (Å²) in [5, 5.41) is 3.11. The Morgan fingerprint density at radius 2 is 1.02 bits per heavy atom. The van der Waals surface area contributed by atoms with Gasteiger partial charge in [0.1, 0.15) is 11.2 Å². The van der Waals surface area contributed by atoms with Crippen molar-refractivity contribution < 1.29 is 11.3 Å². The molecule has 2 heteroatoms. The number of fused-ring (bicyclic) bond motifs is 8. The molecule has 0 aliphatic heterocycles. The van der Waals surface area contributed by atoms with E-state index < -0.39 is 11.5 Å². The van der Waals surface area contributed by atoms with E-state index in [9.17, 15) is 0 Å². The molecule has 1 aliphatic rings. The van der Waals surface area contributed by atoms with Gasteiger partial charge in [0.2, 0.25) is 0 Å². The highest BCUT2D eigenvalue weighted by molar-refractivity contribution is 6.22. The molecule has 1 aliphatic carbocycles. The summed E-state index contributed by atoms with van der Waals surface area (Å²) in [6, 6.07) is 70.3. The first kappa shape index (κ1) is 30.2. The molecule has 0 unspecified atom stereocenters. The van der Waals surface area contributed by atoms with Crippen LogP contribution >= 0.6 is 0 Å². The van der Waals surface area contributed by atoms with Crippen LogP contribution in [0, 0.1) is 0 Å². The maximum Gasteiger partial charge on any atom is 0.143 e. The molecule has 2 nitrogen and oxygen atoms in total. The SMILES string of the molecule is [2H]c1c([2H])c([2H])c(-c2cc3c(oc4cccc(N(c5ccc(-c6ccccc6)cc5)c5cccc(C6(c7ccccc7)c7ccccc7-c7ccccc76)c5)c43)c3ccccc23)c([2H])c1[2H]. The standard InChI is InChI=1S/C59H39NO/c1-4-18-40(19-5-1)41-34-36-45(37-35-41)60(55-32-17-33-56-57(55)52-39-51(42-20-6-2-7-21-42)47-26-10-11-29-50(47)58(52)61-56)46-25-16-24-44(38-46)59(43-22-8-3-9-23-43)53-30-14-12-27-48(53)49-28-13-15-31-54(49)59/h1-39H/i2D,6D,7D,20D,21D. The topological polar surface area (TPSA) is 16.4 Å². The highest BCUT2D eigenvalue weighted by atomic mass is 16.3. The number of furan rings is 1. The molecular weight excluding hydrogens is 739 g/mol. The summed E-state index contributed by atoms with van der Waals surface area (Å²) in [4.78, 5) is 2.29. The summed E-state index contributed by atoms with van der Waals surface area (Å²) >= 11 is 0. The minimum absolute atomic E-state index is 0.148. The molecule has 0 spiro atoms. The van der Waals surface area contributed by atoms with E-state index in [-0.39, 0.29) is 29.7 Å². The third-order valence-electron chi connectivity index (χ3n) is 12.4. The zero-order chi connectivity index (χ0) is 44.7. The van der Waals surface area contributed by atoms with Gasteiger partial charge in [-0.05, 0) is 103 Å². The van der Waals surface area contributed by atoms with Crippen molar-refractivity contribution in [1.29, 1.82) is 0 Å². The van der Waals surface area contributed by atoms with Crippen LogP contribution in [0.2, 0.25) is 0 Å². The van der Waals surface area contributed by atoms with E-state index in [1.54, 1.807) is 0 Å². The van der Waals surface area contributed by atoms with Gasteiger partial charge in [0.15, 0.2) is 0 Å². The van der Waals surface area contributed by atoms with Crippen molar-refractivity contribution >= 4 is 49.8 Å². The van der Waals surface area contributed by atoms with E-state index in [1.165, 1.54) is 27.8 Å². The van der Waals surface area contributed by atoms with Gasteiger partial charge in [0.25, 0.3) is 0 Å². The number of hydrogen-bond donors (Lipinski definition) is 0. The number of rotatable bonds is 7. The highest BCUT2D eigenvalue weighted by Crippen LogP contribution is 2.57. The second-order valence-corrected chi connectivity index (χ2v) is 15.6. The Morgan fingerprint density at radius 1 is 0.410 bits per heavy atom. The quantitative estimate of drug-likeness (QED) is 0.160. The molecule has 0 atom stereocenters. The molecule has 11 aromatic rings. The number of hydrogen-bond acceptors (Lipinski definition) is 2. The molecule has 1 heterocycles. The summed E-state index contributed by atoms with van der Waals surface area (Å²) in [5.74, 6) is 0. The van der Waals surface area contributed by atoms with E-state index in [2.05, 4.69) is 163 Å². The van der Waals surface area contributed by atoms with E-state index in [4.69, 9.17) is 11.3 Å². The molecule has 0 saturated heterocycles. The van der Waals surface area contributed by atoms with Gasteiger partial charge in [-0.15, -0.1) is 0 Å². The predicted molar refractivity (Wildman–Crippen MR) is 254 cm³/mol. The first-order chi connectivity index (χ1) is 32.3. The highest BCUT2D eigenvalue weighted by Gasteiger charge is 2.46. The van der Waals surface area contributed by atoms with Crippen LogP contribution in [0.15, 0.2) is 241 Å². The Balaban J connectivity index is 1.15. The Labute approximate surface area is 362 Å². The Bertz CT molecular complexity index is 3640. The molecule has 12 rings (SSSR count). The van der Waals surface area contributed by atoms with Crippen molar-refractivity contribution in [2.45, 2.75) is 5.41 Å². The molecule has 10 aromatic carbocycles. The molecule has 286 valence electrons. The van der Waals surface area contributed by atoms with Crippen LogP contribution in [-0.4, -0.2) is 0 Å². The van der Waals surface area contributed by atoms with Gasteiger partial charge in [0, 0.05) is 22.1 Å². The Hall–Kier alpha value is -7.94. The normalized spacial score (nSPS) is 13.9. The van der Waals surface area contributed by atoms with Gasteiger partial charge in [-0.3, -0.25) is 0 Å². The number of benzene rings is 10. The van der Waals surface area contributed by atoms with Crippen molar-refractivity contribution in [3.8, 4) is 33.4 Å². The van der Waals surface area contributed by atoms with Gasteiger partial charge in [-0.1, -0.05) is 194 Å². The van der Waals surface area contributed by atoms with Gasteiger partial charge >= 0.3 is 0 Å². The van der Waals surface area contributed by atoms with Crippen LogP contribution in [0.25, 0.3) is 66.1 Å². The Kier molecular flexibility index (Phi) is 6.98. The summed E-state index contributed by atoms with van der Waals surface area (Å²) in [6.45, 7) is 0. The molecule has 0 amide bonds. The molecule has 0 saturated carbocycles. The molecule has 61 heavy (non-hydrogen) atoms. The predicted octanol–water partition coefficient (Wildman–Crippen LogP) is 15.9. The van der Waals surface area contributed by atoms with Crippen LogP contribution in [0.5, 0.6) is 0 Å². The molecule has 0 radical (unpaired) electrons. The van der Waals surface area contributed by atoms with Gasteiger partial charge in [-0.25, -0.2) is 0 Å². The zero-order valence-electron chi connectivity index (χ0n) is 38.0.